The number of nitrogens with zero attached hydrogens (tertiary/aromatic N) is 1. The molecule has 2 aliphatic heterocycles. The summed E-state index contributed by atoms with van der Waals surface area (Å²) in [4.78, 5) is 37.5. The molecule has 1 aromatic rings. The Morgan fingerprint density at radius 1 is 1.27 bits per heavy atom. The second-order valence-corrected chi connectivity index (χ2v) is 6.59. The number of hydrogen-bond acceptors (Lipinski definition) is 4. The third kappa shape index (κ3) is 3.36. The first-order chi connectivity index (χ1) is 12.4. The first-order valence-electron chi connectivity index (χ1n) is 8.48. The molecule has 0 saturated carbocycles. The Kier molecular flexibility index (Phi) is 4.85. The highest BCUT2D eigenvalue weighted by Crippen LogP contribution is 2.36. The molecular weight excluding hydrogens is 334 g/mol. The summed E-state index contributed by atoms with van der Waals surface area (Å²) in [5, 5.41) is 4.71. The Morgan fingerprint density at radius 3 is 2.62 bits per heavy atom. The Balaban J connectivity index is 1.68. The minimum Gasteiger partial charge on any atom is -0.481 e. The van der Waals surface area contributed by atoms with Crippen molar-refractivity contribution in [2.24, 2.45) is 0 Å². The molecule has 0 aromatic heterocycles. The van der Waals surface area contributed by atoms with Gasteiger partial charge < -0.3 is 15.0 Å². The number of rotatable bonds is 5. The average Bonchev–Trinajstić information content (AvgIpc) is 3.09. The molecular formula is C19H21N3O4. The van der Waals surface area contributed by atoms with Gasteiger partial charge >= 0.3 is 6.03 Å². The number of urea groups is 1. The van der Waals surface area contributed by atoms with Crippen LogP contribution in [0.15, 0.2) is 24.3 Å². The summed E-state index contributed by atoms with van der Waals surface area (Å²) in [6.07, 6.45) is 0.648. The molecule has 4 amide bonds. The highest BCUT2D eigenvalue weighted by molar-refractivity contribution is 6.04. The molecule has 3 rings (SSSR count). The monoisotopic (exact) mass is 355 g/mol. The van der Waals surface area contributed by atoms with E-state index in [1.54, 1.807) is 11.8 Å². The maximum atomic E-state index is 12.9. The maximum absolute atomic E-state index is 12.9. The molecule has 0 aliphatic carbocycles. The van der Waals surface area contributed by atoms with Crippen LogP contribution in [0.1, 0.15) is 25.8 Å². The standard InChI is InChI=1S/C19H21N3O4/c1-3-4-11-26-14-7-5-13(6-8-14)19(2)9-10-22(17(19)24)12-15-16(23)21-18(25)20-15/h5-8,15H,9-12H2,1-2H3,(H2,20,21,23,25). The Morgan fingerprint density at radius 2 is 2.00 bits per heavy atom. The quantitative estimate of drug-likeness (QED) is 0.604. The largest absolute Gasteiger partial charge is 0.481 e. The molecule has 136 valence electrons. The smallest absolute Gasteiger partial charge is 0.322 e. The van der Waals surface area contributed by atoms with Crippen LogP contribution in [0.25, 0.3) is 0 Å². The molecule has 7 heteroatoms. The summed E-state index contributed by atoms with van der Waals surface area (Å²) in [6.45, 7) is 4.71. The lowest BCUT2D eigenvalue weighted by Crippen LogP contribution is -2.45. The summed E-state index contributed by atoms with van der Waals surface area (Å²) in [5.74, 6) is 5.86. The van der Waals surface area contributed by atoms with Crippen molar-refractivity contribution < 1.29 is 19.1 Å². The van der Waals surface area contributed by atoms with Crippen LogP contribution in [0.4, 0.5) is 4.79 Å². The summed E-state index contributed by atoms with van der Waals surface area (Å²) in [5.41, 5.74) is 0.250. The van der Waals surface area contributed by atoms with Crippen molar-refractivity contribution in [3.63, 3.8) is 0 Å². The second kappa shape index (κ2) is 7.08. The van der Waals surface area contributed by atoms with Crippen molar-refractivity contribution in [2.45, 2.75) is 31.7 Å². The van der Waals surface area contributed by atoms with Crippen LogP contribution in [0, 0.1) is 11.8 Å². The van der Waals surface area contributed by atoms with Crippen molar-refractivity contribution in [1.82, 2.24) is 15.5 Å². The molecule has 0 bridgehead atoms. The van der Waals surface area contributed by atoms with E-state index in [1.165, 1.54) is 0 Å². The molecule has 7 nitrogen and oxygen atoms in total. The molecule has 0 spiro atoms. The zero-order chi connectivity index (χ0) is 18.7. The minimum absolute atomic E-state index is 0.0445. The topological polar surface area (TPSA) is 87.7 Å². The molecule has 2 N–H and O–H groups in total. The van der Waals surface area contributed by atoms with E-state index in [1.807, 2.05) is 31.2 Å². The van der Waals surface area contributed by atoms with Gasteiger partial charge in [0.05, 0.1) is 5.41 Å². The van der Waals surface area contributed by atoms with E-state index >= 15 is 0 Å². The molecule has 2 heterocycles. The van der Waals surface area contributed by atoms with Crippen molar-refractivity contribution in [1.29, 1.82) is 0 Å². The molecule has 2 aliphatic rings. The predicted molar refractivity (Wildman–Crippen MR) is 94.4 cm³/mol. The molecule has 0 radical (unpaired) electrons. The first-order valence-corrected chi connectivity index (χ1v) is 8.48. The predicted octanol–water partition coefficient (Wildman–Crippen LogP) is 0.787. The fourth-order valence-corrected chi connectivity index (χ4v) is 3.28. The van der Waals surface area contributed by atoms with Gasteiger partial charge in [-0.25, -0.2) is 4.79 Å². The van der Waals surface area contributed by atoms with Gasteiger partial charge in [0.1, 0.15) is 18.4 Å². The molecule has 2 unspecified atom stereocenters. The van der Waals surface area contributed by atoms with Crippen molar-refractivity contribution >= 4 is 17.8 Å². The van der Waals surface area contributed by atoms with Gasteiger partial charge in [0, 0.05) is 13.1 Å². The number of carbonyl (C=O) groups is 3. The second-order valence-electron chi connectivity index (χ2n) is 6.59. The van der Waals surface area contributed by atoms with Crippen LogP contribution >= 0.6 is 0 Å². The van der Waals surface area contributed by atoms with E-state index in [0.29, 0.717) is 25.3 Å². The zero-order valence-electron chi connectivity index (χ0n) is 14.8. The van der Waals surface area contributed by atoms with Gasteiger partial charge in [0.15, 0.2) is 0 Å². The molecule has 1 aromatic carbocycles. The van der Waals surface area contributed by atoms with Gasteiger partial charge in [0.2, 0.25) is 5.91 Å². The third-order valence-corrected chi connectivity index (χ3v) is 4.88. The summed E-state index contributed by atoms with van der Waals surface area (Å²) in [7, 11) is 0. The van der Waals surface area contributed by atoms with Crippen molar-refractivity contribution in [2.75, 3.05) is 19.7 Å². The van der Waals surface area contributed by atoms with Crippen LogP contribution < -0.4 is 15.4 Å². The Bertz CT molecular complexity index is 793. The van der Waals surface area contributed by atoms with Gasteiger partial charge in [0.25, 0.3) is 5.91 Å². The minimum atomic E-state index is -0.691. The van der Waals surface area contributed by atoms with E-state index < -0.39 is 23.4 Å². The fraction of sp³-hybridized carbons (Fsp3) is 0.421. The van der Waals surface area contributed by atoms with Crippen LogP contribution in [0.3, 0.4) is 0 Å². The third-order valence-electron chi connectivity index (χ3n) is 4.88. The lowest BCUT2D eigenvalue weighted by Gasteiger charge is -2.25. The lowest BCUT2D eigenvalue weighted by atomic mass is 9.81. The lowest BCUT2D eigenvalue weighted by molar-refractivity contribution is -0.132. The van der Waals surface area contributed by atoms with Gasteiger partial charge in [-0.1, -0.05) is 18.1 Å². The maximum Gasteiger partial charge on any atom is 0.322 e. The Labute approximate surface area is 152 Å². The number of hydrogen-bond donors (Lipinski definition) is 2. The average molecular weight is 355 g/mol. The van der Waals surface area contributed by atoms with Crippen LogP contribution in [-0.2, 0) is 15.0 Å². The number of likely N-dealkylation sites (tertiary alicyclic amines) is 1. The summed E-state index contributed by atoms with van der Waals surface area (Å²) in [6, 6.07) is 6.24. The first kappa shape index (κ1) is 17.8. The van der Waals surface area contributed by atoms with Gasteiger partial charge in [-0.15, -0.1) is 5.92 Å². The van der Waals surface area contributed by atoms with Crippen LogP contribution in [-0.4, -0.2) is 48.5 Å². The highest BCUT2D eigenvalue weighted by atomic mass is 16.5. The zero-order valence-corrected chi connectivity index (χ0v) is 14.8. The summed E-state index contributed by atoms with van der Waals surface area (Å²) >= 11 is 0. The number of benzene rings is 1. The molecule has 26 heavy (non-hydrogen) atoms. The molecule has 2 atom stereocenters. The van der Waals surface area contributed by atoms with E-state index in [4.69, 9.17) is 4.74 Å². The highest BCUT2D eigenvalue weighted by Gasteiger charge is 2.45. The number of imide groups is 1. The normalized spacial score (nSPS) is 24.8. The van der Waals surface area contributed by atoms with E-state index in [0.717, 1.165) is 5.56 Å². The van der Waals surface area contributed by atoms with Crippen LogP contribution in [0.2, 0.25) is 0 Å². The number of nitrogens with one attached hydrogen (secondary N) is 2. The van der Waals surface area contributed by atoms with E-state index in [2.05, 4.69) is 22.5 Å². The van der Waals surface area contributed by atoms with Gasteiger partial charge in [-0.05, 0) is 38.0 Å². The van der Waals surface area contributed by atoms with Gasteiger partial charge in [-0.2, -0.15) is 0 Å². The van der Waals surface area contributed by atoms with Crippen molar-refractivity contribution in [3.8, 4) is 17.6 Å². The summed E-state index contributed by atoms with van der Waals surface area (Å²) < 4.78 is 5.50. The van der Waals surface area contributed by atoms with Crippen LogP contribution in [0.5, 0.6) is 5.75 Å². The SMILES string of the molecule is CC#CCOc1ccc(C2(C)CCN(CC3NC(=O)NC3=O)C2=O)cc1. The number of amides is 4. The molecule has 2 fully saturated rings. The molecule has 2 saturated heterocycles. The van der Waals surface area contributed by atoms with E-state index in [-0.39, 0.29) is 12.5 Å². The van der Waals surface area contributed by atoms with Crippen molar-refractivity contribution in [3.05, 3.63) is 29.8 Å². The van der Waals surface area contributed by atoms with Gasteiger partial charge in [-0.3, -0.25) is 14.9 Å². The number of ether oxygens (including phenoxy) is 1. The number of carbonyl (C=O) groups excluding carboxylic acids is 3. The Hall–Kier alpha value is -3.01. The fourth-order valence-electron chi connectivity index (χ4n) is 3.28. The van der Waals surface area contributed by atoms with E-state index in [9.17, 15) is 14.4 Å².